The van der Waals surface area contributed by atoms with Crippen molar-refractivity contribution in [2.75, 3.05) is 6.61 Å². The summed E-state index contributed by atoms with van der Waals surface area (Å²) in [5.41, 5.74) is 5.89. The lowest BCUT2D eigenvalue weighted by molar-refractivity contribution is -0.123. The summed E-state index contributed by atoms with van der Waals surface area (Å²) in [6.45, 7) is 4.94. The normalized spacial score (nSPS) is 11.7. The predicted octanol–water partition coefficient (Wildman–Crippen LogP) is 5.03. The number of hydrazone groups is 1. The van der Waals surface area contributed by atoms with Gasteiger partial charge in [-0.15, -0.1) is 0 Å². The van der Waals surface area contributed by atoms with Gasteiger partial charge in [-0.1, -0.05) is 32.9 Å². The summed E-state index contributed by atoms with van der Waals surface area (Å²) >= 11 is 0. The van der Waals surface area contributed by atoms with Gasteiger partial charge in [-0.25, -0.2) is 5.43 Å². The van der Waals surface area contributed by atoms with Gasteiger partial charge in [0, 0.05) is 0 Å². The molecule has 2 aromatic rings. The molecule has 0 fully saturated rings. The van der Waals surface area contributed by atoms with Crippen LogP contribution in [0.5, 0.6) is 11.5 Å². The quantitative estimate of drug-likeness (QED) is 0.471. The molecule has 0 saturated heterocycles. The van der Waals surface area contributed by atoms with E-state index in [1.165, 1.54) is 12.1 Å². The van der Waals surface area contributed by atoms with Crippen molar-refractivity contribution in [3.63, 3.8) is 0 Å². The molecule has 2 rings (SSSR count). The third-order valence-electron chi connectivity index (χ3n) is 4.21. The highest BCUT2D eigenvalue weighted by atomic mass is 19.3. The van der Waals surface area contributed by atoms with Crippen molar-refractivity contribution in [2.24, 2.45) is 5.10 Å². The first-order valence-corrected chi connectivity index (χ1v) is 9.44. The number of rotatable bonds is 9. The lowest BCUT2D eigenvalue weighted by Gasteiger charge is -2.14. The molecule has 29 heavy (non-hydrogen) atoms. The van der Waals surface area contributed by atoms with Crippen molar-refractivity contribution < 1.29 is 23.0 Å². The molecular formula is C22H26F2N2O3. The summed E-state index contributed by atoms with van der Waals surface area (Å²) in [6, 6.07) is 12.0. The van der Waals surface area contributed by atoms with E-state index in [4.69, 9.17) is 4.74 Å². The summed E-state index contributed by atoms with van der Waals surface area (Å²) in [6.07, 6.45) is 0.547. The molecule has 1 N–H and O–H groups in total. The summed E-state index contributed by atoms with van der Waals surface area (Å²) in [5.74, 6) is 0.639. The van der Waals surface area contributed by atoms with Gasteiger partial charge in [0.25, 0.3) is 5.91 Å². The lowest BCUT2D eigenvalue weighted by atomic mass is 10.0. The Balaban J connectivity index is 1.99. The van der Waals surface area contributed by atoms with Crippen LogP contribution in [-0.2, 0) is 4.79 Å². The third-order valence-corrected chi connectivity index (χ3v) is 4.21. The fraction of sp³-hybridized carbons (Fsp3) is 0.364. The number of ether oxygens (including phenoxy) is 2. The SMILES string of the molecule is CC/C(=N\NC(=O)COc1cc(C)ccc1C(C)C)c1ccc(OC(F)F)cc1. The van der Waals surface area contributed by atoms with E-state index in [1.54, 1.807) is 12.1 Å². The number of alkyl halides is 2. The molecule has 0 unspecified atom stereocenters. The Bertz CT molecular complexity index is 850. The van der Waals surface area contributed by atoms with Crippen molar-refractivity contribution in [3.8, 4) is 11.5 Å². The van der Waals surface area contributed by atoms with Crippen LogP contribution in [0, 0.1) is 6.92 Å². The third kappa shape index (κ3) is 6.85. The Kier molecular flexibility index (Phi) is 8.12. The van der Waals surface area contributed by atoms with Gasteiger partial charge in [-0.3, -0.25) is 4.79 Å². The van der Waals surface area contributed by atoms with Gasteiger partial charge in [0.1, 0.15) is 11.5 Å². The van der Waals surface area contributed by atoms with Gasteiger partial charge >= 0.3 is 6.61 Å². The predicted molar refractivity (Wildman–Crippen MR) is 109 cm³/mol. The lowest BCUT2D eigenvalue weighted by Crippen LogP contribution is -2.26. The van der Waals surface area contributed by atoms with Crippen LogP contribution in [0.25, 0.3) is 0 Å². The smallest absolute Gasteiger partial charge is 0.387 e. The van der Waals surface area contributed by atoms with Crippen LogP contribution in [0.3, 0.4) is 0 Å². The molecule has 0 aliphatic heterocycles. The van der Waals surface area contributed by atoms with E-state index in [0.717, 1.165) is 11.1 Å². The van der Waals surface area contributed by atoms with Gasteiger partial charge in [-0.2, -0.15) is 13.9 Å². The zero-order valence-electron chi connectivity index (χ0n) is 17.0. The molecule has 0 atom stereocenters. The van der Waals surface area contributed by atoms with Gasteiger partial charge < -0.3 is 9.47 Å². The van der Waals surface area contributed by atoms with E-state index in [2.05, 4.69) is 29.1 Å². The largest absolute Gasteiger partial charge is 0.483 e. The number of hydrogen-bond donors (Lipinski definition) is 1. The minimum absolute atomic E-state index is 0.0655. The van der Waals surface area contributed by atoms with Crippen molar-refractivity contribution >= 4 is 11.6 Å². The summed E-state index contributed by atoms with van der Waals surface area (Å²) in [5, 5.41) is 4.14. The first kappa shape index (κ1) is 22.3. The number of aryl methyl sites for hydroxylation is 1. The molecule has 0 spiro atoms. The van der Waals surface area contributed by atoms with Gasteiger partial charge in [-0.05, 0) is 66.3 Å². The average molecular weight is 404 g/mol. The first-order valence-electron chi connectivity index (χ1n) is 9.44. The molecule has 0 bridgehead atoms. The maximum Gasteiger partial charge on any atom is 0.387 e. The number of nitrogens with one attached hydrogen (secondary N) is 1. The van der Waals surface area contributed by atoms with Crippen LogP contribution in [-0.4, -0.2) is 24.8 Å². The summed E-state index contributed by atoms with van der Waals surface area (Å²) in [4.78, 5) is 12.2. The number of benzene rings is 2. The molecule has 2 aromatic carbocycles. The number of nitrogens with zero attached hydrogens (tertiary/aromatic N) is 1. The second-order valence-electron chi connectivity index (χ2n) is 6.83. The highest BCUT2D eigenvalue weighted by Crippen LogP contribution is 2.27. The molecule has 0 saturated carbocycles. The van der Waals surface area contributed by atoms with Crippen LogP contribution in [0.2, 0.25) is 0 Å². The number of halogens is 2. The minimum atomic E-state index is -2.87. The van der Waals surface area contributed by atoms with E-state index in [9.17, 15) is 13.6 Å². The molecule has 0 aromatic heterocycles. The second kappa shape index (κ2) is 10.5. The van der Waals surface area contributed by atoms with Crippen LogP contribution in [0.1, 0.15) is 49.8 Å². The van der Waals surface area contributed by atoms with Gasteiger partial charge in [0.2, 0.25) is 0 Å². The maximum atomic E-state index is 12.2. The summed E-state index contributed by atoms with van der Waals surface area (Å²) in [7, 11) is 0. The topological polar surface area (TPSA) is 59.9 Å². The molecular weight excluding hydrogens is 378 g/mol. The number of carbonyl (C=O) groups excluding carboxylic acids is 1. The van der Waals surface area contributed by atoms with Crippen LogP contribution in [0.4, 0.5) is 8.78 Å². The molecule has 0 aliphatic rings. The Hall–Kier alpha value is -2.96. The monoisotopic (exact) mass is 404 g/mol. The standard InChI is InChI=1S/C22H26F2N2O3/c1-5-19(16-7-9-17(10-8-16)29-22(23)24)25-26-21(27)13-28-20-12-15(4)6-11-18(20)14(2)3/h6-12,14,22H,5,13H2,1-4H3,(H,26,27)/b25-19+. The Labute approximate surface area is 169 Å². The Morgan fingerprint density at radius 3 is 2.41 bits per heavy atom. The van der Waals surface area contributed by atoms with E-state index in [-0.39, 0.29) is 24.2 Å². The van der Waals surface area contributed by atoms with E-state index in [0.29, 0.717) is 23.4 Å². The second-order valence-corrected chi connectivity index (χ2v) is 6.83. The van der Waals surface area contributed by atoms with E-state index in [1.807, 2.05) is 32.0 Å². The van der Waals surface area contributed by atoms with Crippen LogP contribution >= 0.6 is 0 Å². The van der Waals surface area contributed by atoms with Crippen molar-refractivity contribution in [1.29, 1.82) is 0 Å². The van der Waals surface area contributed by atoms with Gasteiger partial charge in [0.15, 0.2) is 6.61 Å². The maximum absolute atomic E-state index is 12.2. The number of amides is 1. The molecule has 5 nitrogen and oxygen atoms in total. The zero-order valence-corrected chi connectivity index (χ0v) is 17.0. The van der Waals surface area contributed by atoms with Crippen LogP contribution in [0.15, 0.2) is 47.6 Å². The molecule has 0 heterocycles. The number of carbonyl (C=O) groups is 1. The zero-order chi connectivity index (χ0) is 21.4. The van der Waals surface area contributed by atoms with Crippen molar-refractivity contribution in [1.82, 2.24) is 5.43 Å². The number of hydrogen-bond acceptors (Lipinski definition) is 4. The fourth-order valence-electron chi connectivity index (χ4n) is 2.73. The molecule has 0 aliphatic carbocycles. The molecule has 0 radical (unpaired) electrons. The highest BCUT2D eigenvalue weighted by Gasteiger charge is 2.11. The molecule has 7 heteroatoms. The highest BCUT2D eigenvalue weighted by molar-refractivity contribution is 6.01. The minimum Gasteiger partial charge on any atom is -0.483 e. The van der Waals surface area contributed by atoms with E-state index >= 15 is 0 Å². The fourth-order valence-corrected chi connectivity index (χ4v) is 2.73. The Morgan fingerprint density at radius 1 is 1.14 bits per heavy atom. The Morgan fingerprint density at radius 2 is 1.83 bits per heavy atom. The van der Waals surface area contributed by atoms with Gasteiger partial charge in [0.05, 0.1) is 5.71 Å². The van der Waals surface area contributed by atoms with Crippen molar-refractivity contribution in [3.05, 3.63) is 59.2 Å². The average Bonchev–Trinajstić information content (AvgIpc) is 2.67. The first-order chi connectivity index (χ1) is 13.8. The molecule has 156 valence electrons. The summed E-state index contributed by atoms with van der Waals surface area (Å²) < 4.78 is 34.5. The van der Waals surface area contributed by atoms with Crippen LogP contribution < -0.4 is 14.9 Å². The molecule has 1 amide bonds. The van der Waals surface area contributed by atoms with E-state index < -0.39 is 6.61 Å². The van der Waals surface area contributed by atoms with Crippen molar-refractivity contribution in [2.45, 2.75) is 46.6 Å².